The number of nitrogens with zero attached hydrogens (tertiary/aromatic N) is 1. The highest BCUT2D eigenvalue weighted by Crippen LogP contribution is 2.12. The molecule has 0 aliphatic heterocycles. The fourth-order valence-electron chi connectivity index (χ4n) is 0.878. The van der Waals surface area contributed by atoms with Gasteiger partial charge >= 0.3 is 5.97 Å². The Morgan fingerprint density at radius 3 is 3.08 bits per heavy atom. The van der Waals surface area contributed by atoms with Gasteiger partial charge in [-0.05, 0) is 12.5 Å². The van der Waals surface area contributed by atoms with Crippen molar-refractivity contribution in [2.75, 3.05) is 5.73 Å². The van der Waals surface area contributed by atoms with Crippen molar-refractivity contribution in [2.24, 2.45) is 0 Å². The highest BCUT2D eigenvalue weighted by atomic mass is 16.5. The van der Waals surface area contributed by atoms with Crippen molar-refractivity contribution in [3.05, 3.63) is 18.3 Å². The van der Waals surface area contributed by atoms with Crippen LogP contribution >= 0.6 is 0 Å². The second-order valence-corrected chi connectivity index (χ2v) is 2.64. The Morgan fingerprint density at radius 1 is 1.69 bits per heavy atom. The lowest BCUT2D eigenvalue weighted by atomic mass is 10.3. The summed E-state index contributed by atoms with van der Waals surface area (Å²) in [6.07, 6.45) is 2.70. The van der Waals surface area contributed by atoms with E-state index in [0.717, 1.165) is 6.42 Å². The van der Waals surface area contributed by atoms with Crippen molar-refractivity contribution in [2.45, 2.75) is 19.8 Å². The summed E-state index contributed by atoms with van der Waals surface area (Å²) in [5.41, 5.74) is 5.41. The van der Waals surface area contributed by atoms with Gasteiger partial charge in [-0.1, -0.05) is 6.92 Å². The lowest BCUT2D eigenvalue weighted by molar-refractivity contribution is -0.134. The lowest BCUT2D eigenvalue weighted by Crippen LogP contribution is -2.07. The Balaban J connectivity index is 2.58. The predicted octanol–water partition coefficient (Wildman–Crippen LogP) is 1.37. The van der Waals surface area contributed by atoms with E-state index in [2.05, 4.69) is 4.98 Å². The van der Waals surface area contributed by atoms with Crippen LogP contribution in [-0.4, -0.2) is 11.0 Å². The Hall–Kier alpha value is -1.58. The number of carbonyl (C=O) groups is 1. The zero-order chi connectivity index (χ0) is 9.68. The van der Waals surface area contributed by atoms with Gasteiger partial charge in [0.15, 0.2) is 0 Å². The van der Waals surface area contributed by atoms with Gasteiger partial charge in [0, 0.05) is 18.7 Å². The fraction of sp³-hybridized carbons (Fsp3) is 0.333. The molecule has 0 aliphatic rings. The van der Waals surface area contributed by atoms with Crippen LogP contribution in [0.3, 0.4) is 0 Å². The molecule has 70 valence electrons. The number of aromatic nitrogens is 1. The van der Waals surface area contributed by atoms with Crippen molar-refractivity contribution in [3.8, 4) is 5.75 Å². The zero-order valence-electron chi connectivity index (χ0n) is 7.49. The molecule has 1 aromatic rings. The highest BCUT2D eigenvalue weighted by Gasteiger charge is 2.02. The van der Waals surface area contributed by atoms with E-state index in [4.69, 9.17) is 10.5 Å². The fourth-order valence-corrected chi connectivity index (χ4v) is 0.878. The Morgan fingerprint density at radius 2 is 2.46 bits per heavy atom. The smallest absolute Gasteiger partial charge is 0.311 e. The van der Waals surface area contributed by atoms with Crippen molar-refractivity contribution < 1.29 is 9.53 Å². The first-order valence-electron chi connectivity index (χ1n) is 4.14. The van der Waals surface area contributed by atoms with Crippen LogP contribution in [0, 0.1) is 0 Å². The molecule has 0 saturated carbocycles. The summed E-state index contributed by atoms with van der Waals surface area (Å²) in [4.78, 5) is 14.8. The van der Waals surface area contributed by atoms with Crippen molar-refractivity contribution >= 4 is 11.8 Å². The Labute approximate surface area is 76.7 Å². The third-order valence-corrected chi connectivity index (χ3v) is 1.44. The van der Waals surface area contributed by atoms with Crippen LogP contribution in [0.1, 0.15) is 19.8 Å². The molecule has 0 amide bonds. The largest absolute Gasteiger partial charge is 0.426 e. The Kier molecular flexibility index (Phi) is 3.25. The summed E-state index contributed by atoms with van der Waals surface area (Å²) >= 11 is 0. The summed E-state index contributed by atoms with van der Waals surface area (Å²) in [5.74, 6) is 0.556. The first-order valence-corrected chi connectivity index (χ1v) is 4.14. The molecule has 2 N–H and O–H groups in total. The maximum Gasteiger partial charge on any atom is 0.311 e. The minimum atomic E-state index is -0.242. The molecule has 0 aromatic carbocycles. The van der Waals surface area contributed by atoms with E-state index in [1.54, 1.807) is 6.07 Å². The number of carbonyl (C=O) groups excluding carboxylic acids is 1. The van der Waals surface area contributed by atoms with E-state index in [1.165, 1.54) is 12.3 Å². The van der Waals surface area contributed by atoms with E-state index in [9.17, 15) is 4.79 Å². The van der Waals surface area contributed by atoms with Crippen molar-refractivity contribution in [1.29, 1.82) is 0 Å². The van der Waals surface area contributed by atoms with E-state index in [1.807, 2.05) is 6.92 Å². The summed E-state index contributed by atoms with van der Waals surface area (Å²) < 4.78 is 4.98. The molecule has 1 aromatic heterocycles. The summed E-state index contributed by atoms with van der Waals surface area (Å²) in [6, 6.07) is 3.12. The molecular weight excluding hydrogens is 168 g/mol. The van der Waals surface area contributed by atoms with Crippen LogP contribution < -0.4 is 10.5 Å². The number of rotatable bonds is 3. The van der Waals surface area contributed by atoms with Crippen molar-refractivity contribution in [1.82, 2.24) is 4.98 Å². The van der Waals surface area contributed by atoms with Crippen LogP contribution in [0.2, 0.25) is 0 Å². The second kappa shape index (κ2) is 4.45. The molecule has 0 radical (unpaired) electrons. The number of nitrogens with two attached hydrogens (primary N) is 1. The third-order valence-electron chi connectivity index (χ3n) is 1.44. The SMILES string of the molecule is CCCC(=O)Oc1ccnc(N)c1. The minimum Gasteiger partial charge on any atom is -0.426 e. The molecule has 1 heterocycles. The molecule has 0 unspecified atom stereocenters. The van der Waals surface area contributed by atoms with E-state index in [0.29, 0.717) is 18.0 Å². The van der Waals surface area contributed by atoms with Gasteiger partial charge in [-0.3, -0.25) is 4.79 Å². The van der Waals surface area contributed by atoms with Crippen LogP contribution in [0.15, 0.2) is 18.3 Å². The molecule has 1 rings (SSSR count). The van der Waals surface area contributed by atoms with Crippen LogP contribution in [-0.2, 0) is 4.79 Å². The van der Waals surface area contributed by atoms with Gasteiger partial charge in [0.05, 0.1) is 0 Å². The average molecular weight is 180 g/mol. The monoisotopic (exact) mass is 180 g/mol. The van der Waals surface area contributed by atoms with Gasteiger partial charge in [0.2, 0.25) is 0 Å². The molecule has 0 fully saturated rings. The van der Waals surface area contributed by atoms with Gasteiger partial charge < -0.3 is 10.5 Å². The van der Waals surface area contributed by atoms with Gasteiger partial charge in [0.25, 0.3) is 0 Å². The molecule has 4 nitrogen and oxygen atoms in total. The molecule has 0 atom stereocenters. The maximum absolute atomic E-state index is 11.0. The number of ether oxygens (including phenoxy) is 1. The van der Waals surface area contributed by atoms with E-state index in [-0.39, 0.29) is 5.97 Å². The normalized spacial score (nSPS) is 9.62. The molecule has 13 heavy (non-hydrogen) atoms. The third kappa shape index (κ3) is 3.11. The van der Waals surface area contributed by atoms with E-state index < -0.39 is 0 Å². The molecule has 4 heteroatoms. The predicted molar refractivity (Wildman–Crippen MR) is 49.2 cm³/mol. The lowest BCUT2D eigenvalue weighted by Gasteiger charge is -2.02. The van der Waals surface area contributed by atoms with Gasteiger partial charge in [-0.2, -0.15) is 0 Å². The van der Waals surface area contributed by atoms with Gasteiger partial charge in [-0.25, -0.2) is 4.98 Å². The minimum absolute atomic E-state index is 0.242. The topological polar surface area (TPSA) is 65.2 Å². The van der Waals surface area contributed by atoms with Crippen LogP contribution in [0.5, 0.6) is 5.75 Å². The summed E-state index contributed by atoms with van der Waals surface area (Å²) in [7, 11) is 0. The molecule has 0 aliphatic carbocycles. The van der Waals surface area contributed by atoms with Crippen LogP contribution in [0.25, 0.3) is 0 Å². The Bertz CT molecular complexity index is 299. The maximum atomic E-state index is 11.0. The second-order valence-electron chi connectivity index (χ2n) is 2.64. The zero-order valence-corrected chi connectivity index (χ0v) is 7.49. The highest BCUT2D eigenvalue weighted by molar-refractivity contribution is 5.72. The molecule has 0 bridgehead atoms. The molecular formula is C9H12N2O2. The number of anilines is 1. The first kappa shape index (κ1) is 9.51. The number of hydrogen-bond donors (Lipinski definition) is 1. The summed E-state index contributed by atoms with van der Waals surface area (Å²) in [5, 5.41) is 0. The van der Waals surface area contributed by atoms with Gasteiger partial charge in [-0.15, -0.1) is 0 Å². The first-order chi connectivity index (χ1) is 6.22. The standard InChI is InChI=1S/C9H12N2O2/c1-2-3-9(12)13-7-4-5-11-8(10)6-7/h4-6H,2-3H2,1H3,(H2,10,11). The van der Waals surface area contributed by atoms with Gasteiger partial charge in [0.1, 0.15) is 11.6 Å². The van der Waals surface area contributed by atoms with Crippen LogP contribution in [0.4, 0.5) is 5.82 Å². The summed E-state index contributed by atoms with van der Waals surface area (Å²) in [6.45, 7) is 1.92. The van der Waals surface area contributed by atoms with E-state index >= 15 is 0 Å². The quantitative estimate of drug-likeness (QED) is 0.713. The average Bonchev–Trinajstić information content (AvgIpc) is 2.04. The number of hydrogen-bond acceptors (Lipinski definition) is 4. The molecule has 0 saturated heterocycles. The molecule has 0 spiro atoms. The van der Waals surface area contributed by atoms with Crippen molar-refractivity contribution in [3.63, 3.8) is 0 Å². The number of esters is 1. The number of pyridine rings is 1. The number of nitrogen functional groups attached to an aromatic ring is 1.